The molecule has 1 saturated carbocycles. The van der Waals surface area contributed by atoms with Gasteiger partial charge >= 0.3 is 12.0 Å². The average Bonchev–Trinajstić information content (AvgIpc) is 2.63. The normalized spacial score (nSPS) is 22.2. The van der Waals surface area contributed by atoms with Crippen molar-refractivity contribution >= 4 is 23.6 Å². The van der Waals surface area contributed by atoms with Crippen molar-refractivity contribution in [2.24, 2.45) is 11.8 Å². The zero-order valence-corrected chi connectivity index (χ0v) is 15.5. The van der Waals surface area contributed by atoms with Crippen molar-refractivity contribution in [2.75, 3.05) is 19.0 Å². The number of esters is 1. The molecule has 1 aliphatic rings. The van der Waals surface area contributed by atoms with Gasteiger partial charge in [-0.2, -0.15) is 0 Å². The fourth-order valence-electron chi connectivity index (χ4n) is 3.15. The summed E-state index contributed by atoms with van der Waals surface area (Å²) in [4.78, 5) is 35.2. The minimum Gasteiger partial charge on any atom is -0.468 e. The molecule has 3 amide bonds. The number of methoxy groups -OCH3 is 1. The van der Waals surface area contributed by atoms with Gasteiger partial charge in [0, 0.05) is 17.3 Å². The van der Waals surface area contributed by atoms with E-state index in [-0.39, 0.29) is 24.5 Å². The van der Waals surface area contributed by atoms with Gasteiger partial charge in [0.05, 0.1) is 7.11 Å². The van der Waals surface area contributed by atoms with Crippen molar-refractivity contribution < 1.29 is 19.1 Å². The van der Waals surface area contributed by atoms with E-state index in [0.717, 1.165) is 12.8 Å². The summed E-state index contributed by atoms with van der Waals surface area (Å²) >= 11 is 0. The molecular weight excluding hydrogens is 334 g/mol. The van der Waals surface area contributed by atoms with Gasteiger partial charge in [-0.05, 0) is 42.5 Å². The molecule has 0 radical (unpaired) electrons. The van der Waals surface area contributed by atoms with E-state index >= 15 is 0 Å². The van der Waals surface area contributed by atoms with E-state index in [1.807, 2.05) is 0 Å². The lowest BCUT2D eigenvalue weighted by atomic mass is 9.78. The lowest BCUT2D eigenvalue weighted by Crippen LogP contribution is -2.45. The van der Waals surface area contributed by atoms with Crippen LogP contribution in [0.25, 0.3) is 0 Å². The first-order valence-corrected chi connectivity index (χ1v) is 8.93. The number of urea groups is 1. The molecule has 3 atom stereocenters. The summed E-state index contributed by atoms with van der Waals surface area (Å²) in [5, 5.41) is 8.30. The fourth-order valence-corrected chi connectivity index (χ4v) is 3.15. The van der Waals surface area contributed by atoms with Crippen molar-refractivity contribution in [1.82, 2.24) is 10.6 Å². The molecular formula is C19H27N3O4. The van der Waals surface area contributed by atoms with Gasteiger partial charge in [0.2, 0.25) is 0 Å². The van der Waals surface area contributed by atoms with Crippen molar-refractivity contribution in [3.63, 3.8) is 0 Å². The van der Waals surface area contributed by atoms with E-state index in [2.05, 4.69) is 34.5 Å². The van der Waals surface area contributed by atoms with Crippen LogP contribution >= 0.6 is 0 Å². The molecule has 1 aromatic rings. The molecule has 0 bridgehead atoms. The summed E-state index contributed by atoms with van der Waals surface area (Å²) in [5.41, 5.74) is 0.998. The van der Waals surface area contributed by atoms with Gasteiger partial charge in [0.15, 0.2) is 0 Å². The summed E-state index contributed by atoms with van der Waals surface area (Å²) in [7, 11) is 1.26. The van der Waals surface area contributed by atoms with Crippen LogP contribution in [-0.4, -0.2) is 37.6 Å². The quantitative estimate of drug-likeness (QED) is 0.702. The van der Waals surface area contributed by atoms with E-state index in [9.17, 15) is 14.4 Å². The zero-order valence-electron chi connectivity index (χ0n) is 15.5. The summed E-state index contributed by atoms with van der Waals surface area (Å²) in [6.45, 7) is 4.21. The van der Waals surface area contributed by atoms with Crippen molar-refractivity contribution in [3.05, 3.63) is 29.8 Å². The Hall–Kier alpha value is -2.57. The maximum atomic E-state index is 12.2. The first-order chi connectivity index (χ1) is 12.4. The number of hydrogen-bond donors (Lipinski definition) is 3. The Bertz CT molecular complexity index is 645. The summed E-state index contributed by atoms with van der Waals surface area (Å²) < 4.78 is 4.47. The Labute approximate surface area is 153 Å². The Morgan fingerprint density at radius 2 is 1.81 bits per heavy atom. The van der Waals surface area contributed by atoms with Crippen molar-refractivity contribution in [1.29, 1.82) is 0 Å². The highest BCUT2D eigenvalue weighted by molar-refractivity contribution is 5.97. The molecule has 2 rings (SSSR count). The molecule has 0 unspecified atom stereocenters. The minimum absolute atomic E-state index is 0.183. The molecule has 26 heavy (non-hydrogen) atoms. The minimum atomic E-state index is -0.514. The fraction of sp³-hybridized carbons (Fsp3) is 0.526. The van der Waals surface area contributed by atoms with E-state index < -0.39 is 5.97 Å². The summed E-state index contributed by atoms with van der Waals surface area (Å²) in [6, 6.07) is 6.43. The van der Waals surface area contributed by atoms with Gasteiger partial charge in [0.25, 0.3) is 5.91 Å². The number of benzene rings is 1. The highest BCUT2D eigenvalue weighted by Gasteiger charge is 2.28. The van der Waals surface area contributed by atoms with E-state index in [1.165, 1.54) is 13.5 Å². The third-order valence-corrected chi connectivity index (χ3v) is 5.05. The molecule has 0 spiro atoms. The first-order valence-electron chi connectivity index (χ1n) is 8.93. The molecule has 142 valence electrons. The van der Waals surface area contributed by atoms with Crippen LogP contribution in [0.3, 0.4) is 0 Å². The Balaban J connectivity index is 1.85. The number of hydrogen-bond acceptors (Lipinski definition) is 4. The highest BCUT2D eigenvalue weighted by atomic mass is 16.5. The van der Waals surface area contributed by atoms with Gasteiger partial charge in [-0.15, -0.1) is 0 Å². The number of anilines is 1. The lowest BCUT2D eigenvalue weighted by molar-refractivity contribution is -0.139. The van der Waals surface area contributed by atoms with Crippen molar-refractivity contribution in [3.8, 4) is 0 Å². The molecule has 0 heterocycles. The van der Waals surface area contributed by atoms with E-state index in [0.29, 0.717) is 23.1 Å². The maximum absolute atomic E-state index is 12.2. The predicted octanol–water partition coefficient (Wildman–Crippen LogP) is 2.54. The van der Waals surface area contributed by atoms with Gasteiger partial charge in [-0.3, -0.25) is 9.59 Å². The smallest absolute Gasteiger partial charge is 0.325 e. The van der Waals surface area contributed by atoms with Crippen LogP contribution in [0.2, 0.25) is 0 Å². The molecule has 1 aliphatic carbocycles. The third kappa shape index (κ3) is 5.47. The van der Waals surface area contributed by atoms with Crippen LogP contribution in [0.1, 0.15) is 43.5 Å². The zero-order chi connectivity index (χ0) is 19.1. The number of nitrogens with one attached hydrogen (secondary N) is 3. The van der Waals surface area contributed by atoms with Crippen molar-refractivity contribution in [2.45, 2.75) is 39.2 Å². The van der Waals surface area contributed by atoms with E-state index in [1.54, 1.807) is 24.3 Å². The van der Waals surface area contributed by atoms with Crippen LogP contribution in [-0.2, 0) is 9.53 Å². The number of carbonyl (C=O) groups is 3. The van der Waals surface area contributed by atoms with Crippen LogP contribution in [0, 0.1) is 11.8 Å². The Morgan fingerprint density at radius 3 is 2.46 bits per heavy atom. The van der Waals surface area contributed by atoms with Crippen LogP contribution < -0.4 is 16.0 Å². The molecule has 1 aromatic carbocycles. The van der Waals surface area contributed by atoms with Crippen LogP contribution in [0.15, 0.2) is 24.3 Å². The summed E-state index contributed by atoms with van der Waals surface area (Å²) in [5.74, 6) is 0.170. The molecule has 0 aliphatic heterocycles. The molecule has 3 N–H and O–H groups in total. The summed E-state index contributed by atoms with van der Waals surface area (Å²) in [6.07, 6.45) is 3.34. The van der Waals surface area contributed by atoms with Gasteiger partial charge in [-0.25, -0.2) is 4.79 Å². The number of carbonyl (C=O) groups excluding carboxylic acids is 3. The second kappa shape index (κ2) is 9.22. The standard InChI is InChI=1S/C19H27N3O4/c1-12-5-4-6-16(13(12)2)22-19(25)21-15-9-7-14(8-10-15)18(24)20-11-17(23)26-3/h7-10,12-13,16H,4-6,11H2,1-3H3,(H,20,24)(H2,21,22,25)/t12-,13-,16+/m0/s1. The van der Waals surface area contributed by atoms with Gasteiger partial charge in [-0.1, -0.05) is 26.7 Å². The van der Waals surface area contributed by atoms with Crippen LogP contribution in [0.5, 0.6) is 0 Å². The Morgan fingerprint density at radius 1 is 1.12 bits per heavy atom. The van der Waals surface area contributed by atoms with Gasteiger partial charge in [0.1, 0.15) is 6.54 Å². The Kier molecular flexibility index (Phi) is 7.00. The second-order valence-electron chi connectivity index (χ2n) is 6.81. The molecule has 7 heteroatoms. The average molecular weight is 361 g/mol. The topological polar surface area (TPSA) is 96.5 Å². The monoisotopic (exact) mass is 361 g/mol. The number of amides is 3. The number of ether oxygens (including phenoxy) is 1. The molecule has 7 nitrogen and oxygen atoms in total. The molecule has 0 saturated heterocycles. The molecule has 1 fully saturated rings. The SMILES string of the molecule is COC(=O)CNC(=O)c1ccc(NC(=O)N[C@@H]2CCC[C@H](C)[C@@H]2C)cc1. The van der Waals surface area contributed by atoms with Crippen LogP contribution in [0.4, 0.5) is 10.5 Å². The second-order valence-corrected chi connectivity index (χ2v) is 6.81. The predicted molar refractivity (Wildman–Crippen MR) is 98.9 cm³/mol. The van der Waals surface area contributed by atoms with E-state index in [4.69, 9.17) is 0 Å². The van der Waals surface area contributed by atoms with Gasteiger partial charge < -0.3 is 20.7 Å². The largest absolute Gasteiger partial charge is 0.468 e. The third-order valence-electron chi connectivity index (χ3n) is 5.05. The highest BCUT2D eigenvalue weighted by Crippen LogP contribution is 2.29. The maximum Gasteiger partial charge on any atom is 0.325 e. The molecule has 0 aromatic heterocycles. The lowest BCUT2D eigenvalue weighted by Gasteiger charge is -2.34. The first kappa shape index (κ1) is 19.8. The number of rotatable bonds is 5.